The summed E-state index contributed by atoms with van der Waals surface area (Å²) in [7, 11) is 0. The van der Waals surface area contributed by atoms with E-state index >= 15 is 0 Å². The maximum atomic E-state index is 12.0. The number of carbonyl (C=O) groups excluding carboxylic acids is 1. The van der Waals surface area contributed by atoms with E-state index in [0.29, 0.717) is 25.5 Å². The molecule has 2 rings (SSSR count). The molecule has 0 spiro atoms. The molecule has 1 aromatic carbocycles. The number of nitrogens with one attached hydrogen (secondary N) is 2. The quantitative estimate of drug-likeness (QED) is 0.846. The van der Waals surface area contributed by atoms with E-state index in [-0.39, 0.29) is 11.4 Å². The summed E-state index contributed by atoms with van der Waals surface area (Å²) in [6.45, 7) is 7.77. The molecule has 0 atom stereocenters. The van der Waals surface area contributed by atoms with Gasteiger partial charge in [0.1, 0.15) is 13.2 Å². The Bertz CT molecular complexity index is 498. The molecule has 0 aliphatic carbocycles. The van der Waals surface area contributed by atoms with E-state index < -0.39 is 0 Å². The van der Waals surface area contributed by atoms with E-state index in [1.807, 2.05) is 12.1 Å². The van der Waals surface area contributed by atoms with Crippen LogP contribution in [0.15, 0.2) is 18.2 Å². The predicted molar refractivity (Wildman–Crippen MR) is 83.1 cm³/mol. The first-order valence-corrected chi connectivity index (χ1v) is 7.51. The van der Waals surface area contributed by atoms with Gasteiger partial charge in [-0.05, 0) is 31.9 Å². The van der Waals surface area contributed by atoms with Crippen molar-refractivity contribution < 1.29 is 14.3 Å². The Morgan fingerprint density at radius 2 is 1.86 bits per heavy atom. The van der Waals surface area contributed by atoms with Crippen LogP contribution < -0.4 is 20.1 Å². The normalized spacial score (nSPS) is 13.9. The van der Waals surface area contributed by atoms with Gasteiger partial charge in [-0.1, -0.05) is 13.8 Å². The van der Waals surface area contributed by atoms with E-state index in [2.05, 4.69) is 31.4 Å². The second kappa shape index (κ2) is 6.80. The standard InChI is InChI=1S/C16H24N2O3/c1-4-16(3,5-2)17-11-15(19)18-12-6-7-13-14(10-12)21-9-8-20-13/h6-7,10,17H,4-5,8-9,11H2,1-3H3,(H,18,19). The number of carbonyl (C=O) groups is 1. The average Bonchev–Trinajstić information content (AvgIpc) is 2.52. The lowest BCUT2D eigenvalue weighted by Gasteiger charge is -2.28. The molecule has 1 aliphatic rings. The van der Waals surface area contributed by atoms with Crippen LogP contribution in [0.25, 0.3) is 0 Å². The summed E-state index contributed by atoms with van der Waals surface area (Å²) in [4.78, 5) is 12.0. The fourth-order valence-corrected chi connectivity index (χ4v) is 2.12. The van der Waals surface area contributed by atoms with Gasteiger partial charge in [-0.25, -0.2) is 0 Å². The van der Waals surface area contributed by atoms with Gasteiger partial charge in [-0.3, -0.25) is 4.79 Å². The fourth-order valence-electron chi connectivity index (χ4n) is 2.12. The second-order valence-corrected chi connectivity index (χ2v) is 5.53. The van der Waals surface area contributed by atoms with Crippen LogP contribution in [0, 0.1) is 0 Å². The molecule has 1 heterocycles. The van der Waals surface area contributed by atoms with Crippen molar-refractivity contribution in [2.45, 2.75) is 39.2 Å². The third-order valence-corrected chi connectivity index (χ3v) is 4.06. The van der Waals surface area contributed by atoms with Gasteiger partial charge < -0.3 is 20.1 Å². The molecule has 0 saturated heterocycles. The van der Waals surface area contributed by atoms with E-state index in [9.17, 15) is 4.79 Å². The van der Waals surface area contributed by atoms with Crippen molar-refractivity contribution in [1.29, 1.82) is 0 Å². The molecule has 116 valence electrons. The average molecular weight is 292 g/mol. The van der Waals surface area contributed by atoms with Gasteiger partial charge in [0, 0.05) is 17.3 Å². The Labute approximate surface area is 126 Å². The number of hydrogen-bond donors (Lipinski definition) is 2. The number of ether oxygens (including phenoxy) is 2. The topological polar surface area (TPSA) is 59.6 Å². The summed E-state index contributed by atoms with van der Waals surface area (Å²) in [5.41, 5.74) is 0.727. The number of fused-ring (bicyclic) bond motifs is 1. The highest BCUT2D eigenvalue weighted by atomic mass is 16.6. The SMILES string of the molecule is CCC(C)(CC)NCC(=O)Nc1ccc2c(c1)OCCO2. The highest BCUT2D eigenvalue weighted by molar-refractivity contribution is 5.92. The maximum absolute atomic E-state index is 12.0. The second-order valence-electron chi connectivity index (χ2n) is 5.53. The highest BCUT2D eigenvalue weighted by Crippen LogP contribution is 2.32. The number of anilines is 1. The van der Waals surface area contributed by atoms with E-state index in [1.54, 1.807) is 6.07 Å². The third kappa shape index (κ3) is 4.11. The van der Waals surface area contributed by atoms with Gasteiger partial charge in [-0.15, -0.1) is 0 Å². The summed E-state index contributed by atoms with van der Waals surface area (Å²) in [5, 5.41) is 6.19. The van der Waals surface area contributed by atoms with Gasteiger partial charge in [0.2, 0.25) is 5.91 Å². The summed E-state index contributed by atoms with van der Waals surface area (Å²) in [6.07, 6.45) is 1.97. The smallest absolute Gasteiger partial charge is 0.238 e. The van der Waals surface area contributed by atoms with Crippen LogP contribution in [0.5, 0.6) is 11.5 Å². The Kier molecular flexibility index (Phi) is 5.07. The molecule has 0 radical (unpaired) electrons. The van der Waals surface area contributed by atoms with Crippen molar-refractivity contribution in [3.05, 3.63) is 18.2 Å². The summed E-state index contributed by atoms with van der Waals surface area (Å²) >= 11 is 0. The minimum atomic E-state index is -0.0557. The molecule has 5 heteroatoms. The number of rotatable bonds is 6. The van der Waals surface area contributed by atoms with E-state index in [0.717, 1.165) is 24.3 Å². The van der Waals surface area contributed by atoms with Crippen molar-refractivity contribution >= 4 is 11.6 Å². The molecular weight excluding hydrogens is 268 g/mol. The van der Waals surface area contributed by atoms with Crippen molar-refractivity contribution in [2.24, 2.45) is 0 Å². The Balaban J connectivity index is 1.91. The van der Waals surface area contributed by atoms with E-state index in [4.69, 9.17) is 9.47 Å². The molecule has 1 aromatic rings. The first-order valence-electron chi connectivity index (χ1n) is 7.51. The van der Waals surface area contributed by atoms with Gasteiger partial charge in [0.15, 0.2) is 11.5 Å². The van der Waals surface area contributed by atoms with E-state index in [1.165, 1.54) is 0 Å². The van der Waals surface area contributed by atoms with Crippen LogP contribution in [-0.2, 0) is 4.79 Å². The summed E-state index contributed by atoms with van der Waals surface area (Å²) in [5.74, 6) is 1.35. The largest absolute Gasteiger partial charge is 0.486 e. The number of benzene rings is 1. The minimum Gasteiger partial charge on any atom is -0.486 e. The molecule has 0 fully saturated rings. The summed E-state index contributed by atoms with van der Waals surface area (Å²) < 4.78 is 11.0. The monoisotopic (exact) mass is 292 g/mol. The Morgan fingerprint density at radius 1 is 1.19 bits per heavy atom. The van der Waals surface area contributed by atoms with Crippen molar-refractivity contribution in [2.75, 3.05) is 25.1 Å². The van der Waals surface area contributed by atoms with Crippen molar-refractivity contribution in [1.82, 2.24) is 5.32 Å². The number of amides is 1. The molecule has 5 nitrogen and oxygen atoms in total. The van der Waals surface area contributed by atoms with Crippen LogP contribution in [0.1, 0.15) is 33.6 Å². The third-order valence-electron chi connectivity index (χ3n) is 4.06. The molecule has 0 aromatic heterocycles. The number of hydrogen-bond acceptors (Lipinski definition) is 4. The van der Waals surface area contributed by atoms with Gasteiger partial charge in [0.25, 0.3) is 0 Å². The van der Waals surface area contributed by atoms with Crippen LogP contribution in [-0.4, -0.2) is 31.2 Å². The minimum absolute atomic E-state index is 0.00411. The zero-order chi connectivity index (χ0) is 15.3. The van der Waals surface area contributed by atoms with Crippen molar-refractivity contribution in [3.8, 4) is 11.5 Å². The molecule has 0 unspecified atom stereocenters. The van der Waals surface area contributed by atoms with Crippen LogP contribution >= 0.6 is 0 Å². The van der Waals surface area contributed by atoms with Gasteiger partial charge in [0.05, 0.1) is 6.54 Å². The predicted octanol–water partition coefficient (Wildman–Crippen LogP) is 2.56. The molecule has 1 aliphatic heterocycles. The molecule has 0 saturated carbocycles. The van der Waals surface area contributed by atoms with Crippen LogP contribution in [0.4, 0.5) is 5.69 Å². The zero-order valence-electron chi connectivity index (χ0n) is 13.0. The lowest BCUT2D eigenvalue weighted by atomic mass is 9.96. The van der Waals surface area contributed by atoms with Gasteiger partial charge >= 0.3 is 0 Å². The molecule has 2 N–H and O–H groups in total. The highest BCUT2D eigenvalue weighted by Gasteiger charge is 2.20. The fraction of sp³-hybridized carbons (Fsp3) is 0.562. The lowest BCUT2D eigenvalue weighted by Crippen LogP contribution is -2.45. The zero-order valence-corrected chi connectivity index (χ0v) is 13.0. The van der Waals surface area contributed by atoms with Crippen molar-refractivity contribution in [3.63, 3.8) is 0 Å². The van der Waals surface area contributed by atoms with Gasteiger partial charge in [-0.2, -0.15) is 0 Å². The summed E-state index contributed by atoms with van der Waals surface area (Å²) in [6, 6.07) is 5.44. The molecular formula is C16H24N2O3. The first kappa shape index (κ1) is 15.6. The van der Waals surface area contributed by atoms with Crippen LogP contribution in [0.2, 0.25) is 0 Å². The van der Waals surface area contributed by atoms with Crippen LogP contribution in [0.3, 0.4) is 0 Å². The maximum Gasteiger partial charge on any atom is 0.238 e. The Hall–Kier alpha value is -1.75. The Morgan fingerprint density at radius 3 is 2.52 bits per heavy atom. The molecule has 1 amide bonds. The molecule has 0 bridgehead atoms. The molecule has 21 heavy (non-hydrogen) atoms. The lowest BCUT2D eigenvalue weighted by molar-refractivity contribution is -0.115. The first-order chi connectivity index (χ1) is 10.1.